The van der Waals surface area contributed by atoms with E-state index >= 15 is 0 Å². The van der Waals surface area contributed by atoms with Crippen LogP contribution in [0.2, 0.25) is 0 Å². The van der Waals surface area contributed by atoms with Gasteiger partial charge in [-0.25, -0.2) is 0 Å². The number of ether oxygens (including phenoxy) is 3. The third-order valence-electron chi connectivity index (χ3n) is 5.71. The molecule has 0 saturated carbocycles. The maximum atomic E-state index is 12.5. The molecule has 0 bridgehead atoms. The number of rotatable bonds is 4. The van der Waals surface area contributed by atoms with Gasteiger partial charge in [0.1, 0.15) is 58.4 Å². The molecular formula is C22H24O10. The van der Waals surface area contributed by atoms with Crippen LogP contribution in [0.3, 0.4) is 0 Å². The Hall–Kier alpha value is -2.89. The second-order valence-corrected chi connectivity index (χ2v) is 7.76. The summed E-state index contributed by atoms with van der Waals surface area (Å²) in [6.45, 7) is 2.74. The van der Waals surface area contributed by atoms with E-state index in [0.717, 1.165) is 0 Å². The molecule has 0 unspecified atom stereocenters. The Morgan fingerprint density at radius 2 is 1.72 bits per heavy atom. The van der Waals surface area contributed by atoms with Crippen LogP contribution in [0.5, 0.6) is 17.2 Å². The quantitative estimate of drug-likeness (QED) is 0.355. The summed E-state index contributed by atoms with van der Waals surface area (Å²) in [6, 6.07) is 4.28. The van der Waals surface area contributed by atoms with Crippen molar-refractivity contribution in [3.05, 3.63) is 39.7 Å². The van der Waals surface area contributed by atoms with Gasteiger partial charge in [0.05, 0.1) is 19.1 Å². The minimum absolute atomic E-state index is 0.00819. The molecule has 1 aromatic heterocycles. The van der Waals surface area contributed by atoms with Crippen molar-refractivity contribution >= 4 is 21.7 Å². The highest BCUT2D eigenvalue weighted by Gasteiger charge is 2.45. The van der Waals surface area contributed by atoms with Crippen LogP contribution < -0.4 is 14.9 Å². The number of aliphatic hydroxyl groups is 4. The van der Waals surface area contributed by atoms with Gasteiger partial charge in [0.2, 0.25) is 6.29 Å². The molecule has 1 fully saturated rings. The SMILES string of the molecule is COc1cc(O[C@@H]2O[C@H](CO)[C@@H](O)[C@H](O)[C@H]2O)c2c(O)c3c(=O)cc(C)oc3cc2c1C. The fraction of sp³-hybridized carbons (Fsp3) is 0.409. The van der Waals surface area contributed by atoms with Crippen molar-refractivity contribution in [1.82, 2.24) is 0 Å². The van der Waals surface area contributed by atoms with Crippen molar-refractivity contribution in [1.29, 1.82) is 0 Å². The van der Waals surface area contributed by atoms with E-state index in [4.69, 9.17) is 18.6 Å². The lowest BCUT2D eigenvalue weighted by Crippen LogP contribution is -2.60. The Labute approximate surface area is 181 Å². The first-order valence-electron chi connectivity index (χ1n) is 9.92. The lowest BCUT2D eigenvalue weighted by molar-refractivity contribution is -0.277. The van der Waals surface area contributed by atoms with Crippen molar-refractivity contribution in [2.75, 3.05) is 13.7 Å². The lowest BCUT2D eigenvalue weighted by atomic mass is 9.98. The van der Waals surface area contributed by atoms with Crippen LogP contribution in [0, 0.1) is 13.8 Å². The Morgan fingerprint density at radius 3 is 2.38 bits per heavy atom. The first-order chi connectivity index (χ1) is 15.2. The first kappa shape index (κ1) is 22.3. The van der Waals surface area contributed by atoms with E-state index in [1.807, 2.05) is 0 Å². The zero-order valence-corrected chi connectivity index (χ0v) is 17.6. The molecule has 3 aromatic rings. The molecule has 5 atom stereocenters. The third kappa shape index (κ3) is 3.46. The van der Waals surface area contributed by atoms with Crippen molar-refractivity contribution in [2.24, 2.45) is 0 Å². The molecule has 5 N–H and O–H groups in total. The van der Waals surface area contributed by atoms with Gasteiger partial charge in [0.25, 0.3) is 0 Å². The number of fused-ring (bicyclic) bond motifs is 2. The molecule has 2 heterocycles. The summed E-state index contributed by atoms with van der Waals surface area (Å²) in [5, 5.41) is 51.4. The Bertz CT molecular complexity index is 1230. The van der Waals surface area contributed by atoms with Crippen molar-refractivity contribution < 1.29 is 44.2 Å². The van der Waals surface area contributed by atoms with Gasteiger partial charge in [0.15, 0.2) is 5.43 Å². The number of phenolic OH excluding ortho intramolecular Hbond substituents is 1. The van der Waals surface area contributed by atoms with Crippen LogP contribution in [-0.4, -0.2) is 70.0 Å². The molecule has 172 valence electrons. The monoisotopic (exact) mass is 448 g/mol. The molecule has 0 aliphatic carbocycles. The summed E-state index contributed by atoms with van der Waals surface area (Å²) < 4.78 is 22.2. The fourth-order valence-corrected chi connectivity index (χ4v) is 4.00. The Kier molecular flexibility index (Phi) is 5.74. The molecule has 1 aliphatic heterocycles. The molecule has 1 saturated heterocycles. The molecular weight excluding hydrogens is 424 g/mol. The molecule has 2 aromatic carbocycles. The van der Waals surface area contributed by atoms with Crippen LogP contribution in [0.15, 0.2) is 27.4 Å². The van der Waals surface area contributed by atoms with Crippen molar-refractivity contribution in [2.45, 2.75) is 44.6 Å². The maximum absolute atomic E-state index is 12.5. The van der Waals surface area contributed by atoms with Crippen LogP contribution >= 0.6 is 0 Å². The predicted octanol–water partition coefficient (Wildman–Crippen LogP) is 0.456. The molecule has 32 heavy (non-hydrogen) atoms. The summed E-state index contributed by atoms with van der Waals surface area (Å²) in [5.74, 6) is 0.355. The molecule has 0 spiro atoms. The van der Waals surface area contributed by atoms with Crippen LogP contribution in [0.4, 0.5) is 0 Å². The lowest BCUT2D eigenvalue weighted by Gasteiger charge is -2.39. The molecule has 10 nitrogen and oxygen atoms in total. The smallest absolute Gasteiger partial charge is 0.229 e. The van der Waals surface area contributed by atoms with E-state index in [-0.39, 0.29) is 22.1 Å². The van der Waals surface area contributed by atoms with Crippen LogP contribution in [0.1, 0.15) is 11.3 Å². The largest absolute Gasteiger partial charge is 0.506 e. The average Bonchev–Trinajstić information content (AvgIpc) is 2.75. The van der Waals surface area contributed by atoms with E-state index in [9.17, 15) is 30.3 Å². The van der Waals surface area contributed by atoms with Gasteiger partial charge in [-0.2, -0.15) is 0 Å². The highest BCUT2D eigenvalue weighted by molar-refractivity contribution is 6.07. The third-order valence-corrected chi connectivity index (χ3v) is 5.71. The number of hydrogen-bond donors (Lipinski definition) is 5. The average molecular weight is 448 g/mol. The summed E-state index contributed by atoms with van der Waals surface area (Å²) in [4.78, 5) is 12.5. The molecule has 4 rings (SSSR count). The fourth-order valence-electron chi connectivity index (χ4n) is 4.00. The van der Waals surface area contributed by atoms with E-state index in [1.165, 1.54) is 19.2 Å². The number of aryl methyl sites for hydroxylation is 2. The van der Waals surface area contributed by atoms with Crippen LogP contribution in [0.25, 0.3) is 21.7 Å². The summed E-state index contributed by atoms with van der Waals surface area (Å²) in [7, 11) is 1.44. The van der Waals surface area contributed by atoms with Gasteiger partial charge in [0, 0.05) is 12.1 Å². The van der Waals surface area contributed by atoms with Gasteiger partial charge in [-0.1, -0.05) is 0 Å². The van der Waals surface area contributed by atoms with Crippen molar-refractivity contribution in [3.63, 3.8) is 0 Å². The number of phenols is 1. The minimum atomic E-state index is -1.66. The highest BCUT2D eigenvalue weighted by Crippen LogP contribution is 2.44. The van der Waals surface area contributed by atoms with Gasteiger partial charge in [-0.15, -0.1) is 0 Å². The van der Waals surface area contributed by atoms with Gasteiger partial charge in [-0.3, -0.25) is 4.79 Å². The first-order valence-corrected chi connectivity index (χ1v) is 9.92. The topological polar surface area (TPSA) is 159 Å². The molecule has 10 heteroatoms. The van der Waals surface area contributed by atoms with E-state index in [1.54, 1.807) is 19.9 Å². The number of hydrogen-bond acceptors (Lipinski definition) is 10. The summed E-state index contributed by atoms with van der Waals surface area (Å²) in [6.07, 6.45) is -7.53. The number of methoxy groups -OCH3 is 1. The maximum Gasteiger partial charge on any atom is 0.229 e. The zero-order valence-electron chi connectivity index (χ0n) is 17.6. The highest BCUT2D eigenvalue weighted by atomic mass is 16.7. The molecule has 0 radical (unpaired) electrons. The Morgan fingerprint density at radius 1 is 1.00 bits per heavy atom. The summed E-state index contributed by atoms with van der Waals surface area (Å²) in [5.41, 5.74) is 0.357. The minimum Gasteiger partial charge on any atom is -0.506 e. The second-order valence-electron chi connectivity index (χ2n) is 7.76. The van der Waals surface area contributed by atoms with Gasteiger partial charge < -0.3 is 44.2 Å². The van der Waals surface area contributed by atoms with Gasteiger partial charge >= 0.3 is 0 Å². The number of aliphatic hydroxyl groups excluding tert-OH is 4. The normalized spacial score (nSPS) is 25.9. The van der Waals surface area contributed by atoms with E-state index in [2.05, 4.69) is 0 Å². The van der Waals surface area contributed by atoms with E-state index < -0.39 is 48.5 Å². The van der Waals surface area contributed by atoms with Crippen LogP contribution in [-0.2, 0) is 4.74 Å². The molecule has 1 aliphatic rings. The van der Waals surface area contributed by atoms with E-state index in [0.29, 0.717) is 22.5 Å². The second kappa shape index (κ2) is 8.23. The van der Waals surface area contributed by atoms with Gasteiger partial charge in [-0.05, 0) is 30.9 Å². The number of aromatic hydroxyl groups is 1. The number of benzene rings is 2. The Balaban J connectivity index is 1.93. The van der Waals surface area contributed by atoms with Crippen molar-refractivity contribution in [3.8, 4) is 17.2 Å². The standard InChI is InChI=1S/C22H24O10/c1-8-4-11(24)17-13(30-8)5-10-9(2)12(29-3)6-14(16(10)19(17)26)31-22-21(28)20(27)18(25)15(7-23)32-22/h4-6,15,18,20-23,25-28H,7H2,1-3H3/t15-,18-,20+,21-,22-/m1/s1. The summed E-state index contributed by atoms with van der Waals surface area (Å²) >= 11 is 0. The zero-order chi connectivity index (χ0) is 23.3. The molecule has 0 amide bonds. The predicted molar refractivity (Wildman–Crippen MR) is 112 cm³/mol.